The number of thiol groups is 1. The summed E-state index contributed by atoms with van der Waals surface area (Å²) >= 11 is 10.3. The Morgan fingerprint density at radius 1 is 1.26 bits per heavy atom. The summed E-state index contributed by atoms with van der Waals surface area (Å²) in [7, 11) is 0. The van der Waals surface area contributed by atoms with Crippen molar-refractivity contribution in [2.24, 2.45) is 0 Å². The van der Waals surface area contributed by atoms with E-state index in [1.807, 2.05) is 24.3 Å². The fraction of sp³-hybridized carbons (Fsp3) is 0.0833. The molecule has 0 bridgehead atoms. The molecule has 0 saturated heterocycles. The Labute approximate surface area is 120 Å². The van der Waals surface area contributed by atoms with Crippen molar-refractivity contribution < 1.29 is 0 Å². The minimum absolute atomic E-state index is 0.582. The van der Waals surface area contributed by atoms with Crippen molar-refractivity contribution in [1.29, 1.82) is 0 Å². The molecule has 96 valence electrons. The number of hydrogen-bond donors (Lipinski definition) is 3. The molecular weight excluding hydrogens is 282 g/mol. The number of H-pyrrole nitrogens is 1. The Balaban J connectivity index is 2.34. The maximum atomic E-state index is 6.21. The first-order valence-corrected chi connectivity index (χ1v) is 6.41. The second-order valence-corrected chi connectivity index (χ2v) is 4.64. The van der Waals surface area contributed by atoms with E-state index < -0.39 is 0 Å². The lowest BCUT2D eigenvalue weighted by molar-refractivity contribution is 1.05. The third-order valence-corrected chi connectivity index (χ3v) is 3.32. The standard InChI is InChI=1S/C12H10ClN5S/c1-6-14-11-9(12(15-6)18-19)10(16-17-11)7-4-2-3-5-8(7)13/h2-5,19H,1H3,(H2,14,15,16,17,18). The smallest absolute Gasteiger partial charge is 0.187 e. The minimum atomic E-state index is 0.582. The van der Waals surface area contributed by atoms with Gasteiger partial charge in [-0.25, -0.2) is 9.97 Å². The highest BCUT2D eigenvalue weighted by atomic mass is 35.5. The maximum absolute atomic E-state index is 6.21. The van der Waals surface area contributed by atoms with Crippen LogP contribution in [0.4, 0.5) is 5.82 Å². The van der Waals surface area contributed by atoms with Gasteiger partial charge in [0.2, 0.25) is 0 Å². The summed E-state index contributed by atoms with van der Waals surface area (Å²) < 4.78 is 2.77. The summed E-state index contributed by atoms with van der Waals surface area (Å²) in [6.07, 6.45) is 0. The molecule has 3 rings (SSSR count). The van der Waals surface area contributed by atoms with E-state index in [1.165, 1.54) is 0 Å². The Morgan fingerprint density at radius 3 is 2.79 bits per heavy atom. The molecule has 0 spiro atoms. The quantitative estimate of drug-likeness (QED) is 0.634. The summed E-state index contributed by atoms with van der Waals surface area (Å²) in [6, 6.07) is 7.53. The normalized spacial score (nSPS) is 10.9. The Hall–Kier alpha value is -1.79. The topological polar surface area (TPSA) is 66.5 Å². The van der Waals surface area contributed by atoms with Crippen LogP contribution in [0.3, 0.4) is 0 Å². The van der Waals surface area contributed by atoms with Gasteiger partial charge in [-0.15, -0.1) is 0 Å². The molecule has 0 fully saturated rings. The monoisotopic (exact) mass is 291 g/mol. The number of hydrogen-bond acceptors (Lipinski definition) is 5. The minimum Gasteiger partial charge on any atom is -0.316 e. The number of aromatic amines is 1. The highest BCUT2D eigenvalue weighted by Gasteiger charge is 2.16. The molecule has 3 aromatic rings. The number of anilines is 1. The van der Waals surface area contributed by atoms with E-state index in [9.17, 15) is 0 Å². The van der Waals surface area contributed by atoms with Crippen molar-refractivity contribution in [2.45, 2.75) is 6.92 Å². The van der Waals surface area contributed by atoms with E-state index in [4.69, 9.17) is 11.6 Å². The van der Waals surface area contributed by atoms with Crippen LogP contribution in [0.5, 0.6) is 0 Å². The van der Waals surface area contributed by atoms with Gasteiger partial charge in [-0.3, -0.25) is 5.10 Å². The molecular formula is C12H10ClN5S. The van der Waals surface area contributed by atoms with E-state index in [-0.39, 0.29) is 0 Å². The lowest BCUT2D eigenvalue weighted by Gasteiger charge is -2.05. The van der Waals surface area contributed by atoms with Crippen LogP contribution in [0.15, 0.2) is 24.3 Å². The summed E-state index contributed by atoms with van der Waals surface area (Å²) in [4.78, 5) is 8.60. The first-order chi connectivity index (χ1) is 9.20. The molecule has 0 radical (unpaired) electrons. The molecule has 0 aliphatic carbocycles. The first-order valence-electron chi connectivity index (χ1n) is 5.58. The third kappa shape index (κ3) is 2.02. The number of fused-ring (bicyclic) bond motifs is 1. The molecule has 0 aliphatic rings. The predicted octanol–water partition coefficient (Wildman–Crippen LogP) is 3.24. The van der Waals surface area contributed by atoms with Crippen LogP contribution in [0, 0.1) is 6.92 Å². The Bertz CT molecular complexity index is 755. The fourth-order valence-electron chi connectivity index (χ4n) is 1.97. The van der Waals surface area contributed by atoms with Gasteiger partial charge in [-0.2, -0.15) is 5.10 Å². The van der Waals surface area contributed by atoms with Gasteiger partial charge in [0.1, 0.15) is 5.82 Å². The molecule has 7 heteroatoms. The van der Waals surface area contributed by atoms with E-state index in [0.29, 0.717) is 22.3 Å². The molecule has 19 heavy (non-hydrogen) atoms. The van der Waals surface area contributed by atoms with Crippen molar-refractivity contribution in [3.05, 3.63) is 35.1 Å². The molecule has 0 aliphatic heterocycles. The largest absolute Gasteiger partial charge is 0.316 e. The van der Waals surface area contributed by atoms with Crippen molar-refractivity contribution in [3.8, 4) is 11.3 Å². The van der Waals surface area contributed by atoms with Crippen LogP contribution in [-0.4, -0.2) is 20.2 Å². The molecule has 0 amide bonds. The zero-order valence-corrected chi connectivity index (χ0v) is 11.6. The Morgan fingerprint density at radius 2 is 2.05 bits per heavy atom. The lowest BCUT2D eigenvalue weighted by atomic mass is 10.1. The number of aromatic nitrogens is 4. The fourth-order valence-corrected chi connectivity index (χ4v) is 2.37. The second kappa shape index (κ2) is 4.71. The van der Waals surface area contributed by atoms with Crippen LogP contribution in [0.2, 0.25) is 5.02 Å². The molecule has 0 atom stereocenters. The van der Waals surface area contributed by atoms with E-state index in [1.54, 1.807) is 6.92 Å². The average Bonchev–Trinajstić information content (AvgIpc) is 2.82. The number of aryl methyl sites for hydroxylation is 1. The number of rotatable bonds is 2. The second-order valence-electron chi connectivity index (χ2n) is 4.01. The summed E-state index contributed by atoms with van der Waals surface area (Å²) in [6.45, 7) is 1.80. The van der Waals surface area contributed by atoms with Gasteiger partial charge in [0.05, 0.1) is 11.1 Å². The summed E-state index contributed by atoms with van der Waals surface area (Å²) in [5.41, 5.74) is 2.21. The van der Waals surface area contributed by atoms with E-state index in [2.05, 4.69) is 37.7 Å². The van der Waals surface area contributed by atoms with E-state index >= 15 is 0 Å². The highest BCUT2D eigenvalue weighted by molar-refractivity contribution is 7.81. The van der Waals surface area contributed by atoms with Crippen LogP contribution >= 0.6 is 24.4 Å². The summed E-state index contributed by atoms with van der Waals surface area (Å²) in [5.74, 6) is 1.23. The first kappa shape index (κ1) is 12.3. The van der Waals surface area contributed by atoms with Gasteiger partial charge in [0, 0.05) is 10.6 Å². The van der Waals surface area contributed by atoms with Gasteiger partial charge in [0.25, 0.3) is 0 Å². The van der Waals surface area contributed by atoms with Gasteiger partial charge in [-0.05, 0) is 13.0 Å². The summed E-state index contributed by atoms with van der Waals surface area (Å²) in [5, 5.41) is 8.57. The zero-order chi connectivity index (χ0) is 13.4. The Kier molecular flexibility index (Phi) is 3.04. The van der Waals surface area contributed by atoms with Crippen molar-refractivity contribution in [3.63, 3.8) is 0 Å². The number of halogens is 1. The molecule has 5 nitrogen and oxygen atoms in total. The van der Waals surface area contributed by atoms with Gasteiger partial charge in [0.15, 0.2) is 11.5 Å². The molecule has 1 aromatic carbocycles. The molecule has 2 N–H and O–H groups in total. The van der Waals surface area contributed by atoms with Gasteiger partial charge >= 0.3 is 0 Å². The maximum Gasteiger partial charge on any atom is 0.187 e. The molecule has 0 unspecified atom stereocenters. The van der Waals surface area contributed by atoms with Gasteiger partial charge in [-0.1, -0.05) is 42.6 Å². The van der Waals surface area contributed by atoms with Crippen molar-refractivity contribution >= 4 is 41.3 Å². The van der Waals surface area contributed by atoms with Crippen LogP contribution < -0.4 is 4.72 Å². The highest BCUT2D eigenvalue weighted by Crippen LogP contribution is 2.34. The molecule has 0 saturated carbocycles. The van der Waals surface area contributed by atoms with Crippen molar-refractivity contribution in [2.75, 3.05) is 4.72 Å². The van der Waals surface area contributed by atoms with E-state index in [0.717, 1.165) is 16.6 Å². The van der Waals surface area contributed by atoms with Crippen LogP contribution in [0.1, 0.15) is 5.82 Å². The van der Waals surface area contributed by atoms with Crippen LogP contribution in [-0.2, 0) is 0 Å². The van der Waals surface area contributed by atoms with Crippen molar-refractivity contribution in [1.82, 2.24) is 20.2 Å². The zero-order valence-electron chi connectivity index (χ0n) is 9.98. The number of nitrogens with one attached hydrogen (secondary N) is 2. The third-order valence-electron chi connectivity index (χ3n) is 2.77. The number of benzene rings is 1. The SMILES string of the molecule is Cc1nc(NS)c2c(-c3ccccc3Cl)[nH]nc2n1. The lowest BCUT2D eigenvalue weighted by Crippen LogP contribution is -1.94. The average molecular weight is 292 g/mol. The van der Waals surface area contributed by atoms with Gasteiger partial charge < -0.3 is 4.72 Å². The molecule has 2 aromatic heterocycles. The number of nitrogens with zero attached hydrogens (tertiary/aromatic N) is 3. The predicted molar refractivity (Wildman–Crippen MR) is 79.5 cm³/mol. The molecule has 2 heterocycles. The van der Waals surface area contributed by atoms with Crippen LogP contribution in [0.25, 0.3) is 22.3 Å².